The van der Waals surface area contributed by atoms with E-state index >= 15 is 0 Å². The number of ether oxygens (including phenoxy) is 2. The minimum absolute atomic E-state index is 0.0344. The highest BCUT2D eigenvalue weighted by molar-refractivity contribution is 6.33. The van der Waals surface area contributed by atoms with Gasteiger partial charge in [0, 0.05) is 6.42 Å². The number of rotatable bonds is 9. The van der Waals surface area contributed by atoms with Gasteiger partial charge in [-0.15, -0.1) is 0 Å². The number of amides is 2. The van der Waals surface area contributed by atoms with Crippen molar-refractivity contribution in [2.75, 3.05) is 5.32 Å². The van der Waals surface area contributed by atoms with Gasteiger partial charge in [-0.1, -0.05) is 54.9 Å². The van der Waals surface area contributed by atoms with Crippen molar-refractivity contribution in [3.05, 3.63) is 64.7 Å². The van der Waals surface area contributed by atoms with Gasteiger partial charge in [-0.2, -0.15) is 13.2 Å². The Bertz CT molecular complexity index is 1090. The first-order valence-corrected chi connectivity index (χ1v) is 11.9. The Balaban J connectivity index is 2.11. The molecule has 0 fully saturated rings. The summed E-state index contributed by atoms with van der Waals surface area (Å²) in [5.41, 5.74) is 0.612. The number of nitrogens with one attached hydrogen (secondary N) is 2. The molecule has 37 heavy (non-hydrogen) atoms. The molecule has 0 saturated heterocycles. The van der Waals surface area contributed by atoms with Crippen molar-refractivity contribution in [1.82, 2.24) is 5.32 Å². The predicted octanol–water partition coefficient (Wildman–Crippen LogP) is 6.05. The summed E-state index contributed by atoms with van der Waals surface area (Å²) in [5, 5.41) is 4.43. The lowest BCUT2D eigenvalue weighted by molar-refractivity contribution is -0.178. The van der Waals surface area contributed by atoms with E-state index in [0.717, 1.165) is 6.92 Å². The van der Waals surface area contributed by atoms with E-state index in [1.54, 1.807) is 57.2 Å². The van der Waals surface area contributed by atoms with E-state index in [4.69, 9.17) is 21.1 Å². The Morgan fingerprint density at radius 2 is 1.65 bits per heavy atom. The van der Waals surface area contributed by atoms with Crippen LogP contribution in [0.25, 0.3) is 0 Å². The van der Waals surface area contributed by atoms with Crippen LogP contribution in [0.4, 0.5) is 23.7 Å². The van der Waals surface area contributed by atoms with Crippen LogP contribution in [0.15, 0.2) is 48.5 Å². The average Bonchev–Trinajstić information content (AvgIpc) is 2.80. The Morgan fingerprint density at radius 3 is 2.24 bits per heavy atom. The normalized spacial score (nSPS) is 13.3. The molecule has 0 aliphatic rings. The van der Waals surface area contributed by atoms with E-state index in [0.29, 0.717) is 11.1 Å². The fourth-order valence-corrected chi connectivity index (χ4v) is 3.34. The largest absolute Gasteiger partial charge is 0.460 e. The Hall–Kier alpha value is -3.27. The lowest BCUT2D eigenvalue weighted by Gasteiger charge is -2.26. The van der Waals surface area contributed by atoms with Gasteiger partial charge in [0.05, 0.1) is 16.6 Å². The molecule has 0 aromatic heterocycles. The minimum Gasteiger partial charge on any atom is -0.460 e. The Labute approximate surface area is 218 Å². The molecule has 2 aromatic carbocycles. The van der Waals surface area contributed by atoms with Gasteiger partial charge in [0.1, 0.15) is 18.2 Å². The zero-order valence-corrected chi connectivity index (χ0v) is 21.7. The van der Waals surface area contributed by atoms with Crippen molar-refractivity contribution in [3.8, 4) is 0 Å². The van der Waals surface area contributed by atoms with E-state index in [1.807, 2.05) is 5.32 Å². The van der Waals surface area contributed by atoms with Crippen molar-refractivity contribution in [2.45, 2.75) is 65.0 Å². The number of anilines is 1. The van der Waals surface area contributed by atoms with Crippen molar-refractivity contribution in [2.24, 2.45) is 5.92 Å². The Kier molecular flexibility index (Phi) is 10.4. The number of halogens is 4. The van der Waals surface area contributed by atoms with Crippen molar-refractivity contribution >= 4 is 35.3 Å². The van der Waals surface area contributed by atoms with Gasteiger partial charge in [-0.05, 0) is 50.5 Å². The molecular weight excluding hydrogens is 513 g/mol. The number of hydrogen-bond acceptors (Lipinski definition) is 5. The highest BCUT2D eigenvalue weighted by atomic mass is 35.5. The van der Waals surface area contributed by atoms with E-state index in [9.17, 15) is 27.6 Å². The van der Waals surface area contributed by atoms with Gasteiger partial charge >= 0.3 is 18.2 Å². The molecule has 0 aliphatic carbocycles. The molecule has 0 saturated carbocycles. The summed E-state index contributed by atoms with van der Waals surface area (Å²) in [6.45, 7) is 5.81. The van der Waals surface area contributed by atoms with Crippen LogP contribution in [-0.4, -0.2) is 35.8 Å². The number of carbonyl (C=O) groups is 3. The maximum atomic E-state index is 13.5. The monoisotopic (exact) mass is 542 g/mol. The summed E-state index contributed by atoms with van der Waals surface area (Å²) in [7, 11) is 0. The summed E-state index contributed by atoms with van der Waals surface area (Å²) in [5.74, 6) is -3.79. The molecule has 1 unspecified atom stereocenters. The second kappa shape index (κ2) is 12.8. The van der Waals surface area contributed by atoms with Gasteiger partial charge in [-0.25, -0.2) is 4.79 Å². The standard InChI is InChI=1S/C26H30ClF3N2O5/c1-16(26(28,29)30)22(32-24(35)36-15-18-8-6-5-7-9-18)23(34)31-20-14-17(10-12-19(20)27)11-13-21(33)37-25(2,3)4/h5-10,12,14,16,22H,11,13,15H2,1-4H3,(H,31,34)(H,32,35)/t16-,22?/m1/s1. The minimum atomic E-state index is -4.78. The lowest BCUT2D eigenvalue weighted by atomic mass is 10.0. The molecule has 2 rings (SSSR count). The Morgan fingerprint density at radius 1 is 1.00 bits per heavy atom. The number of aryl methyl sites for hydroxylation is 1. The number of carbonyl (C=O) groups excluding carboxylic acids is 3. The van der Waals surface area contributed by atoms with E-state index in [-0.39, 0.29) is 30.2 Å². The second-order valence-corrected chi connectivity index (χ2v) is 9.81. The number of hydrogen-bond donors (Lipinski definition) is 2. The molecule has 2 aromatic rings. The maximum absolute atomic E-state index is 13.5. The molecule has 0 spiro atoms. The molecule has 0 radical (unpaired) electrons. The van der Waals surface area contributed by atoms with Gasteiger partial charge in [0.15, 0.2) is 0 Å². The third kappa shape index (κ3) is 10.3. The molecule has 0 aliphatic heterocycles. The number of alkyl halides is 3. The van der Waals surface area contributed by atoms with Crippen molar-refractivity contribution in [3.63, 3.8) is 0 Å². The zero-order valence-electron chi connectivity index (χ0n) is 20.9. The third-order valence-electron chi connectivity index (χ3n) is 5.11. The molecule has 0 heterocycles. The smallest absolute Gasteiger partial charge is 0.408 e. The molecule has 2 atom stereocenters. The fourth-order valence-electron chi connectivity index (χ4n) is 3.17. The quantitative estimate of drug-likeness (QED) is 0.376. The molecule has 202 valence electrons. The summed E-state index contributed by atoms with van der Waals surface area (Å²) in [6.07, 6.45) is -5.67. The van der Waals surface area contributed by atoms with Gasteiger partial charge in [0.25, 0.3) is 0 Å². The van der Waals surface area contributed by atoms with Crippen LogP contribution in [0, 0.1) is 5.92 Å². The summed E-state index contributed by atoms with van der Waals surface area (Å²) >= 11 is 6.15. The van der Waals surface area contributed by atoms with Crippen LogP contribution in [-0.2, 0) is 32.1 Å². The molecule has 7 nitrogen and oxygen atoms in total. The molecule has 0 bridgehead atoms. The summed E-state index contributed by atoms with van der Waals surface area (Å²) in [4.78, 5) is 37.1. The second-order valence-electron chi connectivity index (χ2n) is 9.40. The van der Waals surface area contributed by atoms with Crippen molar-refractivity contribution in [1.29, 1.82) is 0 Å². The molecule has 2 amide bonds. The van der Waals surface area contributed by atoms with Crippen LogP contribution in [0.1, 0.15) is 45.2 Å². The SMILES string of the molecule is C[C@H](C(NC(=O)OCc1ccccc1)C(=O)Nc1cc(CCC(=O)OC(C)(C)C)ccc1Cl)C(F)(F)F. The maximum Gasteiger partial charge on any atom is 0.408 e. The summed E-state index contributed by atoms with van der Waals surface area (Å²) < 4.78 is 50.7. The molecule has 11 heteroatoms. The van der Waals surface area contributed by atoms with Crippen LogP contribution in [0.3, 0.4) is 0 Å². The van der Waals surface area contributed by atoms with Crippen LogP contribution >= 0.6 is 11.6 Å². The van der Waals surface area contributed by atoms with Crippen LogP contribution in [0.2, 0.25) is 5.02 Å². The average molecular weight is 543 g/mol. The van der Waals surface area contributed by atoms with Gasteiger partial charge in [-0.3, -0.25) is 9.59 Å². The highest BCUT2D eigenvalue weighted by Gasteiger charge is 2.45. The number of benzene rings is 2. The number of esters is 1. The third-order valence-corrected chi connectivity index (χ3v) is 5.44. The van der Waals surface area contributed by atoms with Gasteiger partial charge < -0.3 is 20.1 Å². The molecule has 2 N–H and O–H groups in total. The van der Waals surface area contributed by atoms with Crippen LogP contribution in [0.5, 0.6) is 0 Å². The highest BCUT2D eigenvalue weighted by Crippen LogP contribution is 2.30. The summed E-state index contributed by atoms with van der Waals surface area (Å²) in [6, 6.07) is 11.1. The van der Waals surface area contributed by atoms with E-state index in [2.05, 4.69) is 5.32 Å². The zero-order chi connectivity index (χ0) is 27.8. The lowest BCUT2D eigenvalue weighted by Crippen LogP contribution is -2.51. The fraction of sp³-hybridized carbons (Fsp3) is 0.423. The van der Waals surface area contributed by atoms with Crippen LogP contribution < -0.4 is 10.6 Å². The first-order chi connectivity index (χ1) is 17.2. The van der Waals surface area contributed by atoms with Crippen molar-refractivity contribution < 1.29 is 37.0 Å². The topological polar surface area (TPSA) is 93.7 Å². The van der Waals surface area contributed by atoms with Gasteiger partial charge in [0.2, 0.25) is 5.91 Å². The van der Waals surface area contributed by atoms with E-state index in [1.165, 1.54) is 12.1 Å². The first-order valence-electron chi connectivity index (χ1n) is 11.5. The van der Waals surface area contributed by atoms with E-state index < -0.39 is 41.7 Å². The first kappa shape index (κ1) is 30.0. The predicted molar refractivity (Wildman–Crippen MR) is 133 cm³/mol. The number of alkyl carbamates (subject to hydrolysis) is 1. The molecular formula is C26H30ClF3N2O5.